The van der Waals surface area contributed by atoms with Gasteiger partial charge in [-0.3, -0.25) is 19.3 Å². The number of hydrogen-bond donors (Lipinski definition) is 0. The number of ether oxygens (including phenoxy) is 3. The van der Waals surface area contributed by atoms with Gasteiger partial charge in [-0.1, -0.05) is 54.1 Å². The van der Waals surface area contributed by atoms with Crippen molar-refractivity contribution >= 4 is 57.3 Å². The van der Waals surface area contributed by atoms with Crippen molar-refractivity contribution in [2.75, 3.05) is 39.5 Å². The van der Waals surface area contributed by atoms with E-state index in [1.54, 1.807) is 23.1 Å². The van der Waals surface area contributed by atoms with Crippen LogP contribution in [0, 0.1) is 0 Å². The van der Waals surface area contributed by atoms with Gasteiger partial charge < -0.3 is 19.1 Å². The fraction of sp³-hybridized carbons (Fsp3) is 0.276. The lowest BCUT2D eigenvalue weighted by atomic mass is 10.1. The summed E-state index contributed by atoms with van der Waals surface area (Å²) in [5.41, 5.74) is 1.59. The average Bonchev–Trinajstić information content (AvgIpc) is 3.20. The van der Waals surface area contributed by atoms with Gasteiger partial charge in [0.25, 0.3) is 11.1 Å². The predicted molar refractivity (Wildman–Crippen MR) is 151 cm³/mol. The molecule has 2 aliphatic heterocycles. The van der Waals surface area contributed by atoms with E-state index < -0.39 is 11.1 Å². The summed E-state index contributed by atoms with van der Waals surface area (Å²) in [6.07, 6.45) is 1.58. The van der Waals surface area contributed by atoms with Crippen LogP contribution in [0.25, 0.3) is 16.8 Å². The lowest BCUT2D eigenvalue weighted by Crippen LogP contribution is -2.46. The zero-order valence-electron chi connectivity index (χ0n) is 21.4. The lowest BCUT2D eigenvalue weighted by molar-refractivity contribution is -0.139. The Bertz CT molecular complexity index is 1450. The number of rotatable bonds is 8. The Morgan fingerprint density at radius 2 is 1.85 bits per heavy atom. The number of thioether (sulfide) groups is 1. The molecule has 0 saturated carbocycles. The Morgan fingerprint density at radius 3 is 2.64 bits per heavy atom. The van der Waals surface area contributed by atoms with Crippen molar-refractivity contribution in [1.82, 2.24) is 9.80 Å². The summed E-state index contributed by atoms with van der Waals surface area (Å²) in [6, 6.07) is 17.5. The summed E-state index contributed by atoms with van der Waals surface area (Å²) < 4.78 is 17.2. The summed E-state index contributed by atoms with van der Waals surface area (Å²) in [5, 5.41) is 2.03. The van der Waals surface area contributed by atoms with Crippen molar-refractivity contribution in [3.63, 3.8) is 0 Å². The molecule has 0 N–H and O–H groups in total. The van der Waals surface area contributed by atoms with Gasteiger partial charge in [0.05, 0.1) is 29.7 Å². The SMILES string of the molecule is CCOc1cc(/C=C2\SC(=O)N(CC(=O)N3CCOCC3)C2=O)cc(Cl)c1OCc1cccc2ccccc12. The zero-order chi connectivity index (χ0) is 27.4. The molecule has 5 rings (SSSR count). The third kappa shape index (κ3) is 6.06. The number of morpholine rings is 1. The fourth-order valence-corrected chi connectivity index (χ4v) is 5.59. The lowest BCUT2D eigenvalue weighted by Gasteiger charge is -2.28. The maximum atomic E-state index is 13.0. The number of carbonyl (C=O) groups excluding carboxylic acids is 3. The molecule has 0 aliphatic carbocycles. The van der Waals surface area contributed by atoms with Crippen molar-refractivity contribution in [1.29, 1.82) is 0 Å². The highest BCUT2D eigenvalue weighted by molar-refractivity contribution is 8.18. The fourth-order valence-electron chi connectivity index (χ4n) is 4.48. The van der Waals surface area contributed by atoms with Gasteiger partial charge in [0.15, 0.2) is 11.5 Å². The van der Waals surface area contributed by atoms with Gasteiger partial charge >= 0.3 is 0 Å². The number of benzene rings is 3. The van der Waals surface area contributed by atoms with Gasteiger partial charge in [-0.25, -0.2) is 0 Å². The van der Waals surface area contributed by atoms with E-state index in [2.05, 4.69) is 0 Å². The van der Waals surface area contributed by atoms with E-state index in [4.69, 9.17) is 25.8 Å². The molecule has 0 unspecified atom stereocenters. The van der Waals surface area contributed by atoms with Crippen LogP contribution in [0.15, 0.2) is 59.5 Å². The Morgan fingerprint density at radius 1 is 1.08 bits per heavy atom. The molecule has 3 aromatic carbocycles. The van der Waals surface area contributed by atoms with E-state index in [1.165, 1.54) is 0 Å². The zero-order valence-corrected chi connectivity index (χ0v) is 22.9. The summed E-state index contributed by atoms with van der Waals surface area (Å²) in [4.78, 5) is 40.9. The van der Waals surface area contributed by atoms with Gasteiger partial charge in [0, 0.05) is 13.1 Å². The molecule has 2 saturated heterocycles. The van der Waals surface area contributed by atoms with Crippen LogP contribution in [0.3, 0.4) is 0 Å². The summed E-state index contributed by atoms with van der Waals surface area (Å²) in [7, 11) is 0. The first-order chi connectivity index (χ1) is 18.9. The highest BCUT2D eigenvalue weighted by Crippen LogP contribution is 2.40. The van der Waals surface area contributed by atoms with Crippen molar-refractivity contribution < 1.29 is 28.6 Å². The number of carbonyl (C=O) groups is 3. The molecular weight excluding hydrogens is 540 g/mol. The van der Waals surface area contributed by atoms with Crippen LogP contribution in [0.2, 0.25) is 5.02 Å². The second-order valence-corrected chi connectivity index (χ2v) is 10.4. The summed E-state index contributed by atoms with van der Waals surface area (Å²) in [6.45, 7) is 3.99. The summed E-state index contributed by atoms with van der Waals surface area (Å²) in [5.74, 6) is 0.0271. The smallest absolute Gasteiger partial charge is 0.294 e. The van der Waals surface area contributed by atoms with Crippen LogP contribution >= 0.6 is 23.4 Å². The molecule has 0 spiro atoms. The van der Waals surface area contributed by atoms with E-state index in [-0.39, 0.29) is 24.0 Å². The first-order valence-corrected chi connectivity index (χ1v) is 13.8. The van der Waals surface area contributed by atoms with Gasteiger partial charge in [-0.2, -0.15) is 0 Å². The highest BCUT2D eigenvalue weighted by atomic mass is 35.5. The van der Waals surface area contributed by atoms with E-state index in [0.29, 0.717) is 55.0 Å². The molecular formula is C29H27ClN2O6S. The topological polar surface area (TPSA) is 85.4 Å². The van der Waals surface area contributed by atoms with E-state index >= 15 is 0 Å². The molecule has 3 aromatic rings. The standard InChI is InChI=1S/C29H27ClN2O6S/c1-2-37-24-15-19(14-23(30)27(24)38-18-21-8-5-7-20-6-3-4-9-22(20)21)16-25-28(34)32(29(35)39-25)17-26(33)31-10-12-36-13-11-31/h3-9,14-16H,2,10-13,17-18H2,1H3/b25-16-. The van der Waals surface area contributed by atoms with Crippen LogP contribution in [0.4, 0.5) is 4.79 Å². The van der Waals surface area contributed by atoms with Gasteiger partial charge in [0.2, 0.25) is 5.91 Å². The molecule has 2 fully saturated rings. The third-order valence-corrected chi connectivity index (χ3v) is 7.60. The molecule has 0 atom stereocenters. The Hall–Kier alpha value is -3.53. The van der Waals surface area contributed by atoms with Crippen LogP contribution in [-0.2, 0) is 20.9 Å². The minimum Gasteiger partial charge on any atom is -0.490 e. The molecule has 0 radical (unpaired) electrons. The minimum absolute atomic E-state index is 0.206. The van der Waals surface area contributed by atoms with E-state index in [0.717, 1.165) is 33.0 Å². The van der Waals surface area contributed by atoms with Gasteiger partial charge in [-0.15, -0.1) is 0 Å². The number of amides is 3. The van der Waals surface area contributed by atoms with Gasteiger partial charge in [0.1, 0.15) is 13.2 Å². The molecule has 2 heterocycles. The first kappa shape index (κ1) is 27.1. The molecule has 3 amide bonds. The molecule has 10 heteroatoms. The van der Waals surface area contributed by atoms with Crippen LogP contribution in [0.1, 0.15) is 18.1 Å². The van der Waals surface area contributed by atoms with Crippen molar-refractivity contribution in [3.8, 4) is 11.5 Å². The molecule has 8 nitrogen and oxygen atoms in total. The quantitative estimate of drug-likeness (QED) is 0.339. The molecule has 39 heavy (non-hydrogen) atoms. The molecule has 202 valence electrons. The molecule has 0 bridgehead atoms. The van der Waals surface area contributed by atoms with Crippen molar-refractivity contribution in [2.24, 2.45) is 0 Å². The van der Waals surface area contributed by atoms with E-state index in [9.17, 15) is 14.4 Å². The second-order valence-electron chi connectivity index (χ2n) is 8.95. The summed E-state index contributed by atoms with van der Waals surface area (Å²) >= 11 is 7.42. The second kappa shape index (κ2) is 12.1. The van der Waals surface area contributed by atoms with Gasteiger partial charge in [-0.05, 0) is 58.8 Å². The Labute approximate surface area is 235 Å². The first-order valence-electron chi connectivity index (χ1n) is 12.6. The maximum Gasteiger partial charge on any atom is 0.294 e. The normalized spacial score (nSPS) is 16.8. The predicted octanol–water partition coefficient (Wildman–Crippen LogP) is 5.37. The molecule has 0 aromatic heterocycles. The minimum atomic E-state index is -0.517. The largest absolute Gasteiger partial charge is 0.490 e. The average molecular weight is 567 g/mol. The Balaban J connectivity index is 1.34. The Kier molecular flexibility index (Phi) is 8.40. The monoisotopic (exact) mass is 566 g/mol. The van der Waals surface area contributed by atoms with E-state index in [1.807, 2.05) is 49.4 Å². The van der Waals surface area contributed by atoms with Crippen LogP contribution in [0.5, 0.6) is 11.5 Å². The number of halogens is 1. The van der Waals surface area contributed by atoms with Crippen LogP contribution in [-0.4, -0.2) is 66.3 Å². The van der Waals surface area contributed by atoms with Crippen molar-refractivity contribution in [2.45, 2.75) is 13.5 Å². The number of nitrogens with zero attached hydrogens (tertiary/aromatic N) is 2. The maximum absolute atomic E-state index is 13.0. The number of hydrogen-bond acceptors (Lipinski definition) is 7. The molecule has 2 aliphatic rings. The highest BCUT2D eigenvalue weighted by Gasteiger charge is 2.37. The van der Waals surface area contributed by atoms with Crippen LogP contribution < -0.4 is 9.47 Å². The number of imide groups is 1. The third-order valence-electron chi connectivity index (χ3n) is 6.41. The number of fused-ring (bicyclic) bond motifs is 1. The van der Waals surface area contributed by atoms with Crippen molar-refractivity contribution in [3.05, 3.63) is 75.7 Å².